The summed E-state index contributed by atoms with van der Waals surface area (Å²) in [5.41, 5.74) is 3.19. The molecule has 29 heavy (non-hydrogen) atoms. The van der Waals surface area contributed by atoms with Crippen LogP contribution in [0.3, 0.4) is 0 Å². The van der Waals surface area contributed by atoms with Gasteiger partial charge in [-0.2, -0.15) is 0 Å². The molecule has 0 fully saturated rings. The van der Waals surface area contributed by atoms with Gasteiger partial charge in [-0.3, -0.25) is 0 Å². The summed E-state index contributed by atoms with van der Waals surface area (Å²) in [5.74, 6) is 0.524. The third kappa shape index (κ3) is 4.40. The number of carbonyl (C=O) groups is 1. The van der Waals surface area contributed by atoms with Gasteiger partial charge < -0.3 is 13.7 Å². The Kier molecular flexibility index (Phi) is 5.47. The van der Waals surface area contributed by atoms with Gasteiger partial charge in [-0.15, -0.1) is 10.2 Å². The second-order valence-electron chi connectivity index (χ2n) is 6.59. The van der Waals surface area contributed by atoms with Gasteiger partial charge in [0.2, 0.25) is 11.8 Å². The monoisotopic (exact) mass is 388 g/mol. The molecule has 0 saturated carbocycles. The van der Waals surface area contributed by atoms with Crippen LogP contribution in [0.2, 0.25) is 0 Å². The Bertz CT molecular complexity index is 1090. The lowest BCUT2D eigenvalue weighted by Gasteiger charge is -2.06. The molecule has 0 aliphatic rings. The van der Waals surface area contributed by atoms with Gasteiger partial charge in [0.15, 0.2) is 0 Å². The zero-order valence-electron chi connectivity index (χ0n) is 16.0. The molecule has 0 aliphatic heterocycles. The van der Waals surface area contributed by atoms with Gasteiger partial charge in [-0.05, 0) is 49.2 Å². The molecule has 0 unspecified atom stereocenters. The third-order valence-electron chi connectivity index (χ3n) is 4.52. The maximum Gasteiger partial charge on any atom is 0.338 e. The van der Waals surface area contributed by atoms with Gasteiger partial charge in [-0.1, -0.05) is 18.2 Å². The first-order chi connectivity index (χ1) is 14.2. The number of imidazole rings is 1. The van der Waals surface area contributed by atoms with Crippen LogP contribution >= 0.6 is 0 Å². The van der Waals surface area contributed by atoms with E-state index in [0.29, 0.717) is 24.0 Å². The van der Waals surface area contributed by atoms with E-state index >= 15 is 0 Å². The summed E-state index contributed by atoms with van der Waals surface area (Å²) in [7, 11) is 0. The van der Waals surface area contributed by atoms with E-state index in [4.69, 9.17) is 9.15 Å². The first-order valence-corrected chi connectivity index (χ1v) is 9.33. The van der Waals surface area contributed by atoms with Gasteiger partial charge in [-0.25, -0.2) is 9.78 Å². The maximum atomic E-state index is 12.2. The summed E-state index contributed by atoms with van der Waals surface area (Å²) < 4.78 is 13.1. The Hall–Kier alpha value is -3.74. The van der Waals surface area contributed by atoms with Crippen LogP contribution < -0.4 is 0 Å². The fraction of sp³-hybridized carbons (Fsp3) is 0.182. The topological polar surface area (TPSA) is 83.0 Å². The van der Waals surface area contributed by atoms with Crippen LogP contribution in [0.15, 0.2) is 71.7 Å². The Balaban J connectivity index is 1.36. The Morgan fingerprint density at radius 2 is 1.86 bits per heavy atom. The van der Waals surface area contributed by atoms with E-state index in [0.717, 1.165) is 29.7 Å². The molecule has 0 aliphatic carbocycles. The van der Waals surface area contributed by atoms with Gasteiger partial charge >= 0.3 is 5.97 Å². The van der Waals surface area contributed by atoms with Gasteiger partial charge in [0.05, 0.1) is 18.5 Å². The van der Waals surface area contributed by atoms with Crippen LogP contribution in [0, 0.1) is 6.92 Å². The highest BCUT2D eigenvalue weighted by Crippen LogP contribution is 2.26. The maximum absolute atomic E-state index is 12.2. The molecule has 0 amide bonds. The molecular formula is C22H20N4O3. The number of hydrogen-bond acceptors (Lipinski definition) is 6. The number of esters is 1. The van der Waals surface area contributed by atoms with Crippen LogP contribution in [-0.2, 0) is 11.3 Å². The summed E-state index contributed by atoms with van der Waals surface area (Å²) in [6.07, 6.45) is 6.07. The van der Waals surface area contributed by atoms with Crippen LogP contribution in [-0.4, -0.2) is 32.3 Å². The van der Waals surface area contributed by atoms with Crippen molar-refractivity contribution in [3.63, 3.8) is 0 Å². The van der Waals surface area contributed by atoms with Crippen molar-refractivity contribution in [3.05, 3.63) is 78.4 Å². The largest absolute Gasteiger partial charge is 0.462 e. The zero-order valence-corrected chi connectivity index (χ0v) is 16.0. The number of ether oxygens (including phenoxy) is 1. The number of carbonyl (C=O) groups excluding carboxylic acids is 1. The summed E-state index contributed by atoms with van der Waals surface area (Å²) in [4.78, 5) is 16.2. The first-order valence-electron chi connectivity index (χ1n) is 9.33. The van der Waals surface area contributed by atoms with Crippen molar-refractivity contribution in [3.8, 4) is 22.9 Å². The second-order valence-corrected chi connectivity index (χ2v) is 6.59. The van der Waals surface area contributed by atoms with E-state index < -0.39 is 0 Å². The zero-order chi connectivity index (χ0) is 20.1. The lowest BCUT2D eigenvalue weighted by molar-refractivity contribution is 0.0496. The highest BCUT2D eigenvalue weighted by Gasteiger charge is 2.13. The number of aromatic nitrogens is 4. The number of hydrogen-bond donors (Lipinski definition) is 0. The number of nitrogens with zero attached hydrogens (tertiary/aromatic N) is 4. The molecular weight excluding hydrogens is 368 g/mol. The van der Waals surface area contributed by atoms with E-state index in [2.05, 4.69) is 15.2 Å². The lowest BCUT2D eigenvalue weighted by Crippen LogP contribution is -2.08. The minimum atomic E-state index is -0.353. The molecule has 146 valence electrons. The fourth-order valence-corrected chi connectivity index (χ4v) is 2.92. The lowest BCUT2D eigenvalue weighted by atomic mass is 10.1. The van der Waals surface area contributed by atoms with Crippen molar-refractivity contribution >= 4 is 5.97 Å². The first kappa shape index (κ1) is 18.6. The van der Waals surface area contributed by atoms with Crippen LogP contribution in [0.1, 0.15) is 22.3 Å². The third-order valence-corrected chi connectivity index (χ3v) is 4.52. The average molecular weight is 388 g/mol. The molecule has 0 N–H and O–H groups in total. The van der Waals surface area contributed by atoms with Crippen molar-refractivity contribution in [2.75, 3.05) is 6.61 Å². The molecule has 7 heteroatoms. The molecule has 0 radical (unpaired) electrons. The average Bonchev–Trinajstić information content (AvgIpc) is 3.44. The molecule has 2 heterocycles. The van der Waals surface area contributed by atoms with Crippen molar-refractivity contribution in [1.82, 2.24) is 19.7 Å². The molecule has 4 aromatic rings. The van der Waals surface area contributed by atoms with E-state index in [1.807, 2.05) is 42.0 Å². The van der Waals surface area contributed by atoms with E-state index in [1.165, 1.54) is 0 Å². The molecule has 4 rings (SSSR count). The molecule has 2 aromatic heterocycles. The van der Waals surface area contributed by atoms with Crippen molar-refractivity contribution in [1.29, 1.82) is 0 Å². The summed E-state index contributed by atoms with van der Waals surface area (Å²) in [6, 6.07) is 14.8. The molecule has 0 saturated heterocycles. The number of aryl methyl sites for hydroxylation is 2. The predicted octanol–water partition coefficient (Wildman–Crippen LogP) is 4.16. The molecule has 7 nitrogen and oxygen atoms in total. The highest BCUT2D eigenvalue weighted by molar-refractivity contribution is 5.89. The fourth-order valence-electron chi connectivity index (χ4n) is 2.92. The van der Waals surface area contributed by atoms with E-state index in [-0.39, 0.29) is 5.97 Å². The Labute approximate surface area is 168 Å². The summed E-state index contributed by atoms with van der Waals surface area (Å²) in [5, 5.41) is 8.26. The van der Waals surface area contributed by atoms with Crippen molar-refractivity contribution in [2.24, 2.45) is 0 Å². The highest BCUT2D eigenvalue weighted by atomic mass is 16.5. The van der Waals surface area contributed by atoms with Crippen molar-refractivity contribution < 1.29 is 13.9 Å². The van der Waals surface area contributed by atoms with Crippen LogP contribution in [0.5, 0.6) is 0 Å². The quantitative estimate of drug-likeness (QED) is 0.349. The number of rotatable bonds is 7. The smallest absolute Gasteiger partial charge is 0.338 e. The van der Waals surface area contributed by atoms with Gasteiger partial charge in [0, 0.05) is 30.1 Å². The summed E-state index contributed by atoms with van der Waals surface area (Å²) >= 11 is 0. The second kappa shape index (κ2) is 8.52. The van der Waals surface area contributed by atoms with Crippen LogP contribution in [0.25, 0.3) is 22.9 Å². The van der Waals surface area contributed by atoms with E-state index in [9.17, 15) is 4.79 Å². The number of benzene rings is 2. The van der Waals surface area contributed by atoms with Crippen molar-refractivity contribution in [2.45, 2.75) is 19.9 Å². The van der Waals surface area contributed by atoms with Gasteiger partial charge in [0.25, 0.3) is 0 Å². The van der Waals surface area contributed by atoms with Gasteiger partial charge in [0.1, 0.15) is 0 Å². The SMILES string of the molecule is Cc1ccccc1-c1nnc(-c2ccc(C(=O)OCCCn3ccnc3)cc2)o1. The Morgan fingerprint density at radius 1 is 1.07 bits per heavy atom. The Morgan fingerprint density at radius 3 is 2.62 bits per heavy atom. The normalized spacial score (nSPS) is 10.8. The predicted molar refractivity (Wildman–Crippen MR) is 107 cm³/mol. The minimum Gasteiger partial charge on any atom is -0.462 e. The molecule has 0 spiro atoms. The van der Waals surface area contributed by atoms with E-state index in [1.54, 1.807) is 36.8 Å². The standard InChI is InChI=1S/C22H20N4O3/c1-16-5-2-3-6-19(16)21-25-24-20(29-21)17-7-9-18(10-8-17)22(27)28-14-4-12-26-13-11-23-15-26/h2-3,5-11,13,15H,4,12,14H2,1H3. The molecule has 0 bridgehead atoms. The van der Waals surface area contributed by atoms with Crippen LogP contribution in [0.4, 0.5) is 0 Å². The molecule has 0 atom stereocenters. The minimum absolute atomic E-state index is 0.349. The molecule has 2 aromatic carbocycles. The summed E-state index contributed by atoms with van der Waals surface area (Å²) in [6.45, 7) is 3.10.